The summed E-state index contributed by atoms with van der Waals surface area (Å²) in [6.07, 6.45) is -2.62. The fourth-order valence-corrected chi connectivity index (χ4v) is 3.24. The fraction of sp³-hybridized carbons (Fsp3) is 0.368. The van der Waals surface area contributed by atoms with Crippen molar-refractivity contribution in [2.45, 2.75) is 37.6 Å². The van der Waals surface area contributed by atoms with E-state index in [1.807, 2.05) is 0 Å². The number of hydrogen-bond acceptors (Lipinski definition) is 3. The third kappa shape index (κ3) is 4.22. The van der Waals surface area contributed by atoms with Gasteiger partial charge in [0, 0.05) is 6.20 Å². The number of hydrogen-bond donors (Lipinski definition) is 2. The van der Waals surface area contributed by atoms with E-state index < -0.39 is 29.8 Å². The molecule has 2 N–H and O–H groups in total. The fourth-order valence-electron chi connectivity index (χ4n) is 3.24. The van der Waals surface area contributed by atoms with Crippen molar-refractivity contribution in [1.82, 2.24) is 10.3 Å². The Hall–Kier alpha value is -2.41. The van der Waals surface area contributed by atoms with Crippen molar-refractivity contribution in [1.29, 1.82) is 0 Å². The quantitative estimate of drug-likeness (QED) is 0.856. The van der Waals surface area contributed by atoms with Crippen LogP contribution >= 0.6 is 0 Å². The van der Waals surface area contributed by atoms with E-state index in [4.69, 9.17) is 0 Å². The number of amides is 1. The maximum absolute atomic E-state index is 13.1. The number of alkyl halides is 3. The van der Waals surface area contributed by atoms with E-state index in [0.29, 0.717) is 18.5 Å². The van der Waals surface area contributed by atoms with E-state index in [0.717, 1.165) is 6.07 Å². The van der Waals surface area contributed by atoms with E-state index in [9.17, 15) is 23.1 Å². The average molecular weight is 364 g/mol. The van der Waals surface area contributed by atoms with E-state index in [1.54, 1.807) is 24.4 Å². The van der Waals surface area contributed by atoms with E-state index in [1.165, 1.54) is 18.2 Å². The summed E-state index contributed by atoms with van der Waals surface area (Å²) in [7, 11) is 0. The highest BCUT2D eigenvalue weighted by Gasteiger charge is 2.37. The third-order valence-electron chi connectivity index (χ3n) is 4.62. The molecule has 1 aliphatic rings. The summed E-state index contributed by atoms with van der Waals surface area (Å²) in [6.45, 7) is 0. The van der Waals surface area contributed by atoms with Gasteiger partial charge in [0.15, 0.2) is 0 Å². The minimum Gasteiger partial charge on any atom is -0.393 e. The lowest BCUT2D eigenvalue weighted by molar-refractivity contribution is -0.138. The number of benzene rings is 1. The molecule has 0 spiro atoms. The van der Waals surface area contributed by atoms with Gasteiger partial charge in [-0.2, -0.15) is 13.2 Å². The largest absolute Gasteiger partial charge is 0.416 e. The van der Waals surface area contributed by atoms with Crippen LogP contribution in [0.25, 0.3) is 0 Å². The van der Waals surface area contributed by atoms with Crippen molar-refractivity contribution in [2.24, 2.45) is 5.92 Å². The first-order valence-corrected chi connectivity index (χ1v) is 8.38. The van der Waals surface area contributed by atoms with E-state index in [-0.39, 0.29) is 17.9 Å². The zero-order valence-corrected chi connectivity index (χ0v) is 13.9. The Morgan fingerprint density at radius 1 is 1.19 bits per heavy atom. The number of nitrogens with one attached hydrogen (secondary N) is 1. The maximum atomic E-state index is 13.1. The molecule has 1 atom stereocenters. The molecular weight excluding hydrogens is 345 g/mol. The predicted octanol–water partition coefficient (Wildman–Crippen LogP) is 3.27. The molecule has 26 heavy (non-hydrogen) atoms. The number of rotatable bonds is 5. The van der Waals surface area contributed by atoms with Crippen molar-refractivity contribution in [3.05, 3.63) is 65.5 Å². The van der Waals surface area contributed by atoms with Gasteiger partial charge in [-0.05, 0) is 42.5 Å². The number of aliphatic hydroxyl groups excluding tert-OH is 1. The summed E-state index contributed by atoms with van der Waals surface area (Å²) in [4.78, 5) is 16.7. The third-order valence-corrected chi connectivity index (χ3v) is 4.62. The van der Waals surface area contributed by atoms with Crippen LogP contribution in [0.15, 0.2) is 48.7 Å². The van der Waals surface area contributed by atoms with Crippen LogP contribution in [0.5, 0.6) is 0 Å². The highest BCUT2D eigenvalue weighted by atomic mass is 19.4. The second-order valence-corrected chi connectivity index (χ2v) is 6.52. The molecule has 2 aromatic rings. The molecule has 0 radical (unpaired) electrons. The summed E-state index contributed by atoms with van der Waals surface area (Å²) >= 11 is 0. The number of carbonyl (C=O) groups excluding carboxylic acids is 1. The van der Waals surface area contributed by atoms with Crippen LogP contribution < -0.4 is 5.32 Å². The lowest BCUT2D eigenvalue weighted by Gasteiger charge is -2.37. The monoisotopic (exact) mass is 364 g/mol. The molecule has 1 aromatic carbocycles. The molecule has 4 nitrogen and oxygen atoms in total. The zero-order chi connectivity index (χ0) is 18.7. The Labute approximate surface area is 149 Å². The molecule has 0 saturated heterocycles. The first-order chi connectivity index (χ1) is 12.3. The van der Waals surface area contributed by atoms with Gasteiger partial charge in [0.1, 0.15) is 0 Å². The van der Waals surface area contributed by atoms with E-state index in [2.05, 4.69) is 10.3 Å². The van der Waals surface area contributed by atoms with Crippen LogP contribution in [0, 0.1) is 5.92 Å². The van der Waals surface area contributed by atoms with Gasteiger partial charge in [-0.15, -0.1) is 0 Å². The Balaban J connectivity index is 1.75. The lowest BCUT2D eigenvalue weighted by atomic mass is 9.76. The Bertz CT molecular complexity index is 759. The summed E-state index contributed by atoms with van der Waals surface area (Å²) in [5.74, 6) is -0.486. The lowest BCUT2D eigenvalue weighted by Crippen LogP contribution is -2.42. The molecule has 1 saturated carbocycles. The van der Waals surface area contributed by atoms with Crippen molar-refractivity contribution >= 4 is 5.91 Å². The molecule has 3 rings (SSSR count). The summed E-state index contributed by atoms with van der Waals surface area (Å²) in [5.41, 5.74) is -0.226. The average Bonchev–Trinajstić information content (AvgIpc) is 2.57. The molecule has 138 valence electrons. The van der Waals surface area contributed by atoms with Crippen molar-refractivity contribution in [2.75, 3.05) is 0 Å². The molecular formula is C19H19F3N2O2. The van der Waals surface area contributed by atoms with Crippen LogP contribution in [-0.4, -0.2) is 22.1 Å². The van der Waals surface area contributed by atoms with Gasteiger partial charge in [-0.1, -0.05) is 24.3 Å². The highest BCUT2D eigenvalue weighted by molar-refractivity contribution is 5.79. The van der Waals surface area contributed by atoms with Crippen LogP contribution in [-0.2, 0) is 17.4 Å². The minimum atomic E-state index is -4.50. The summed E-state index contributed by atoms with van der Waals surface area (Å²) in [6, 6.07) is 9.94. The van der Waals surface area contributed by atoms with Gasteiger partial charge >= 0.3 is 6.18 Å². The normalized spacial score (nSPS) is 20.9. The topological polar surface area (TPSA) is 62.2 Å². The first-order valence-electron chi connectivity index (χ1n) is 8.38. The smallest absolute Gasteiger partial charge is 0.393 e. The number of pyridine rings is 1. The minimum absolute atomic E-state index is 0.0155. The number of aliphatic hydroxyl groups is 1. The molecule has 7 heteroatoms. The van der Waals surface area contributed by atoms with Gasteiger partial charge in [0.05, 0.1) is 29.8 Å². The van der Waals surface area contributed by atoms with Crippen LogP contribution in [0.2, 0.25) is 0 Å². The van der Waals surface area contributed by atoms with E-state index >= 15 is 0 Å². The van der Waals surface area contributed by atoms with Gasteiger partial charge in [-0.25, -0.2) is 0 Å². The summed E-state index contributed by atoms with van der Waals surface area (Å²) in [5, 5.41) is 12.4. The number of carbonyl (C=O) groups is 1. The van der Waals surface area contributed by atoms with Gasteiger partial charge in [-0.3, -0.25) is 9.78 Å². The van der Waals surface area contributed by atoms with Gasteiger partial charge < -0.3 is 10.4 Å². The van der Waals surface area contributed by atoms with Gasteiger partial charge in [0.2, 0.25) is 5.91 Å². The van der Waals surface area contributed by atoms with Crippen LogP contribution in [0.3, 0.4) is 0 Å². The number of halogens is 3. The first kappa shape index (κ1) is 18.4. The second kappa shape index (κ2) is 7.45. The maximum Gasteiger partial charge on any atom is 0.416 e. The van der Waals surface area contributed by atoms with Crippen molar-refractivity contribution in [3.8, 4) is 0 Å². The molecule has 0 bridgehead atoms. The molecule has 1 aromatic heterocycles. The standard InChI is InChI=1S/C19H19F3N2O2/c20-19(21,22)15-6-2-1-5-12(15)11-17(26)24-18(13-9-14(25)10-13)16-7-3-4-8-23-16/h1-8,13-14,18,25H,9-11H2,(H,24,26). The SMILES string of the molecule is O=C(Cc1ccccc1C(F)(F)F)NC(c1ccccn1)C1CC(O)C1. The summed E-state index contributed by atoms with van der Waals surface area (Å²) < 4.78 is 39.3. The number of nitrogens with zero attached hydrogens (tertiary/aromatic N) is 1. The highest BCUT2D eigenvalue weighted by Crippen LogP contribution is 2.37. The molecule has 1 amide bonds. The zero-order valence-electron chi connectivity index (χ0n) is 13.9. The molecule has 1 aliphatic carbocycles. The van der Waals surface area contributed by atoms with Crippen molar-refractivity contribution in [3.63, 3.8) is 0 Å². The Morgan fingerprint density at radius 2 is 1.88 bits per heavy atom. The van der Waals surface area contributed by atoms with Gasteiger partial charge in [0.25, 0.3) is 0 Å². The molecule has 0 aliphatic heterocycles. The van der Waals surface area contributed by atoms with Crippen LogP contribution in [0.1, 0.15) is 35.7 Å². The molecule has 1 heterocycles. The molecule has 1 fully saturated rings. The Morgan fingerprint density at radius 3 is 2.50 bits per heavy atom. The molecule has 1 unspecified atom stereocenters. The number of aromatic nitrogens is 1. The predicted molar refractivity (Wildman–Crippen MR) is 89.0 cm³/mol. The Kier molecular flexibility index (Phi) is 5.27. The second-order valence-electron chi connectivity index (χ2n) is 6.52. The van der Waals surface area contributed by atoms with Crippen LogP contribution in [0.4, 0.5) is 13.2 Å². The van der Waals surface area contributed by atoms with Crippen molar-refractivity contribution < 1.29 is 23.1 Å².